The van der Waals surface area contributed by atoms with Crippen LogP contribution in [0.1, 0.15) is 16.1 Å². The van der Waals surface area contributed by atoms with Crippen molar-refractivity contribution in [3.63, 3.8) is 0 Å². The highest BCUT2D eigenvalue weighted by atomic mass is 19.1. The minimum atomic E-state index is -0.884. The van der Waals surface area contributed by atoms with Crippen molar-refractivity contribution in [1.82, 2.24) is 9.97 Å². The number of hydrogen-bond acceptors (Lipinski definition) is 5. The molecule has 3 rings (SSSR count). The number of nitrogens with zero attached hydrogens (tertiary/aromatic N) is 3. The van der Waals surface area contributed by atoms with Gasteiger partial charge in [0.1, 0.15) is 23.1 Å². The minimum Gasteiger partial charge on any atom is -0.339 e. The summed E-state index contributed by atoms with van der Waals surface area (Å²) in [7, 11) is 0. The number of halogens is 2. The van der Waals surface area contributed by atoms with Crippen molar-refractivity contribution in [1.29, 1.82) is 5.26 Å². The van der Waals surface area contributed by atoms with Gasteiger partial charge in [-0.15, -0.1) is 0 Å². The Bertz CT molecular complexity index is 982. The molecule has 3 aromatic rings. The van der Waals surface area contributed by atoms with Gasteiger partial charge < -0.3 is 10.6 Å². The maximum atomic E-state index is 13.6. The number of aromatic nitrogens is 2. The number of hydrogen-bond donors (Lipinski definition) is 2. The fraction of sp³-hybridized carbons (Fsp3) is 0. The van der Waals surface area contributed by atoms with Crippen molar-refractivity contribution in [2.24, 2.45) is 0 Å². The van der Waals surface area contributed by atoms with Crippen molar-refractivity contribution < 1.29 is 13.6 Å². The summed E-state index contributed by atoms with van der Waals surface area (Å²) in [6, 6.07) is 11.6. The number of carbonyl (C=O) groups is 1. The Kier molecular flexibility index (Phi) is 4.80. The maximum absolute atomic E-state index is 13.6. The fourth-order valence-corrected chi connectivity index (χ4v) is 2.06. The summed E-state index contributed by atoms with van der Waals surface area (Å²) in [6.07, 6.45) is 2.57. The lowest BCUT2D eigenvalue weighted by Crippen LogP contribution is -2.15. The van der Waals surface area contributed by atoms with E-state index >= 15 is 0 Å². The summed E-state index contributed by atoms with van der Waals surface area (Å²) in [5.41, 5.74) is 1.04. The first kappa shape index (κ1) is 17.0. The van der Waals surface area contributed by atoms with E-state index < -0.39 is 17.5 Å². The highest BCUT2D eigenvalue weighted by Crippen LogP contribution is 2.17. The number of benzene rings is 2. The maximum Gasteiger partial charge on any atom is 0.275 e. The van der Waals surface area contributed by atoms with Crippen molar-refractivity contribution in [3.05, 3.63) is 77.8 Å². The average molecular weight is 351 g/mol. The van der Waals surface area contributed by atoms with Gasteiger partial charge in [0.15, 0.2) is 0 Å². The van der Waals surface area contributed by atoms with Gasteiger partial charge in [-0.3, -0.25) is 4.79 Å². The zero-order valence-corrected chi connectivity index (χ0v) is 13.2. The molecule has 0 aliphatic carbocycles. The molecule has 6 nitrogen and oxygen atoms in total. The van der Waals surface area contributed by atoms with Gasteiger partial charge in [-0.25, -0.2) is 18.7 Å². The number of anilines is 3. The summed E-state index contributed by atoms with van der Waals surface area (Å²) in [6.45, 7) is 0. The number of nitriles is 1. The lowest BCUT2D eigenvalue weighted by atomic mass is 10.2. The van der Waals surface area contributed by atoms with Gasteiger partial charge in [0.05, 0.1) is 29.7 Å². The van der Waals surface area contributed by atoms with Crippen molar-refractivity contribution in [2.75, 3.05) is 10.6 Å². The predicted octanol–water partition coefficient (Wildman–Crippen LogP) is 3.62. The molecule has 128 valence electrons. The van der Waals surface area contributed by atoms with Crippen LogP contribution >= 0.6 is 0 Å². The Hall–Kier alpha value is -3.86. The first-order valence-corrected chi connectivity index (χ1v) is 7.41. The molecule has 8 heteroatoms. The van der Waals surface area contributed by atoms with E-state index in [0.29, 0.717) is 23.1 Å². The zero-order valence-electron chi connectivity index (χ0n) is 13.2. The predicted molar refractivity (Wildman–Crippen MR) is 90.8 cm³/mol. The van der Waals surface area contributed by atoms with Crippen LogP contribution in [0, 0.1) is 23.0 Å². The first-order valence-electron chi connectivity index (χ1n) is 7.41. The summed E-state index contributed by atoms with van der Waals surface area (Å²) in [5.74, 6) is -1.91. The molecule has 0 bridgehead atoms. The third-order valence-electron chi connectivity index (χ3n) is 3.35. The number of rotatable bonds is 4. The number of amides is 1. The Morgan fingerprint density at radius 1 is 1.04 bits per heavy atom. The van der Waals surface area contributed by atoms with E-state index in [1.54, 1.807) is 24.3 Å². The van der Waals surface area contributed by atoms with Crippen LogP contribution in [-0.4, -0.2) is 15.9 Å². The summed E-state index contributed by atoms with van der Waals surface area (Å²) >= 11 is 0. The molecule has 26 heavy (non-hydrogen) atoms. The lowest BCUT2D eigenvalue weighted by Gasteiger charge is -2.07. The van der Waals surface area contributed by atoms with E-state index in [2.05, 4.69) is 20.6 Å². The molecule has 0 saturated heterocycles. The topological polar surface area (TPSA) is 90.7 Å². The van der Waals surface area contributed by atoms with E-state index in [4.69, 9.17) is 5.26 Å². The molecule has 0 radical (unpaired) electrons. The van der Waals surface area contributed by atoms with Gasteiger partial charge in [-0.2, -0.15) is 5.26 Å². The molecular weight excluding hydrogens is 340 g/mol. The van der Waals surface area contributed by atoms with Crippen LogP contribution in [0.5, 0.6) is 0 Å². The van der Waals surface area contributed by atoms with Gasteiger partial charge in [0.2, 0.25) is 0 Å². The van der Waals surface area contributed by atoms with Gasteiger partial charge in [0, 0.05) is 11.8 Å². The molecule has 1 aromatic heterocycles. The van der Waals surface area contributed by atoms with Gasteiger partial charge in [-0.1, -0.05) is 0 Å². The number of nitrogens with one attached hydrogen (secondary N) is 2. The third-order valence-corrected chi connectivity index (χ3v) is 3.35. The van der Waals surface area contributed by atoms with Crippen molar-refractivity contribution >= 4 is 23.1 Å². The molecule has 1 heterocycles. The van der Waals surface area contributed by atoms with Crippen LogP contribution in [0.2, 0.25) is 0 Å². The fourth-order valence-electron chi connectivity index (χ4n) is 2.06. The Labute approximate surface area is 147 Å². The SMILES string of the molecule is N#Cc1ccc(Nc2cnc(C(=O)Nc3ccc(F)cc3F)cn2)cc1. The molecule has 0 atom stereocenters. The van der Waals surface area contributed by atoms with Gasteiger partial charge >= 0.3 is 0 Å². The highest BCUT2D eigenvalue weighted by Gasteiger charge is 2.12. The smallest absolute Gasteiger partial charge is 0.275 e. The third kappa shape index (κ3) is 3.96. The molecule has 0 fully saturated rings. The van der Waals surface area contributed by atoms with E-state index in [-0.39, 0.29) is 11.4 Å². The lowest BCUT2D eigenvalue weighted by molar-refractivity contribution is 0.102. The second kappa shape index (κ2) is 7.36. The van der Waals surface area contributed by atoms with Gasteiger partial charge in [-0.05, 0) is 36.4 Å². The van der Waals surface area contributed by atoms with Gasteiger partial charge in [0.25, 0.3) is 5.91 Å². The summed E-state index contributed by atoms with van der Waals surface area (Å²) in [5, 5.41) is 14.0. The molecule has 1 amide bonds. The Morgan fingerprint density at radius 2 is 1.81 bits per heavy atom. The molecule has 0 unspecified atom stereocenters. The van der Waals surface area contributed by atoms with E-state index in [9.17, 15) is 13.6 Å². The second-order valence-corrected chi connectivity index (χ2v) is 5.18. The van der Waals surface area contributed by atoms with E-state index in [1.165, 1.54) is 12.4 Å². The molecule has 0 aliphatic rings. The van der Waals surface area contributed by atoms with Crippen molar-refractivity contribution in [3.8, 4) is 6.07 Å². The quantitative estimate of drug-likeness (QED) is 0.749. The van der Waals surface area contributed by atoms with Crippen LogP contribution in [0.4, 0.5) is 26.0 Å². The second-order valence-electron chi connectivity index (χ2n) is 5.18. The van der Waals surface area contributed by atoms with Crippen LogP contribution in [-0.2, 0) is 0 Å². The first-order chi connectivity index (χ1) is 12.5. The van der Waals surface area contributed by atoms with Crippen LogP contribution in [0.3, 0.4) is 0 Å². The Balaban J connectivity index is 1.68. The Morgan fingerprint density at radius 3 is 2.42 bits per heavy atom. The van der Waals surface area contributed by atoms with Crippen LogP contribution in [0.15, 0.2) is 54.9 Å². The standard InChI is InChI=1S/C18H11F2N5O/c19-12-3-6-15(14(20)7-12)25-18(26)16-9-23-17(10-22-16)24-13-4-1-11(8-21)2-5-13/h1-7,9-10H,(H,23,24)(H,25,26). The molecule has 2 N–H and O–H groups in total. The zero-order chi connectivity index (χ0) is 18.5. The molecule has 2 aromatic carbocycles. The monoisotopic (exact) mass is 351 g/mol. The largest absolute Gasteiger partial charge is 0.339 e. The molecule has 0 saturated carbocycles. The van der Waals surface area contributed by atoms with Crippen LogP contribution in [0.25, 0.3) is 0 Å². The summed E-state index contributed by atoms with van der Waals surface area (Å²) in [4.78, 5) is 20.1. The molecular formula is C18H11F2N5O. The molecule has 0 spiro atoms. The average Bonchev–Trinajstić information content (AvgIpc) is 2.65. The summed E-state index contributed by atoms with van der Waals surface area (Å²) < 4.78 is 26.4. The highest BCUT2D eigenvalue weighted by molar-refractivity contribution is 6.02. The minimum absolute atomic E-state index is 0.0286. The van der Waals surface area contributed by atoms with E-state index in [0.717, 1.165) is 12.1 Å². The molecule has 0 aliphatic heterocycles. The van der Waals surface area contributed by atoms with Crippen molar-refractivity contribution in [2.45, 2.75) is 0 Å². The van der Waals surface area contributed by atoms with E-state index in [1.807, 2.05) is 6.07 Å². The number of carbonyl (C=O) groups excluding carboxylic acids is 1. The van der Waals surface area contributed by atoms with Crippen LogP contribution < -0.4 is 10.6 Å². The normalized spacial score (nSPS) is 10.0.